The number of nitrogen functional groups attached to an aromatic ring is 1. The number of aryl methyl sites for hydroxylation is 1. The van der Waals surface area contributed by atoms with E-state index >= 15 is 0 Å². The van der Waals surface area contributed by atoms with Crippen LogP contribution in [-0.2, 0) is 25.6 Å². The fourth-order valence-corrected chi connectivity index (χ4v) is 2.77. The molecule has 0 bridgehead atoms. The number of carbonyl (C=O) groups excluding carboxylic acids is 2. The van der Waals surface area contributed by atoms with Gasteiger partial charge in [-0.05, 0) is 25.1 Å². The second kappa shape index (κ2) is 6.88. The lowest BCUT2D eigenvalue weighted by Gasteiger charge is -2.26. The highest BCUT2D eigenvalue weighted by molar-refractivity contribution is 5.96. The first kappa shape index (κ1) is 16.3. The fourth-order valence-electron chi connectivity index (χ4n) is 2.77. The largest absolute Gasteiger partial charge is 0.466 e. The molecule has 0 unspecified atom stereocenters. The molecule has 1 amide bonds. The lowest BCUT2D eigenvalue weighted by atomic mass is 10.2. The number of hydrogen-bond donors (Lipinski definition) is 1. The van der Waals surface area contributed by atoms with Crippen molar-refractivity contribution in [2.45, 2.75) is 19.9 Å². The van der Waals surface area contributed by atoms with Gasteiger partial charge in [-0.3, -0.25) is 9.59 Å². The summed E-state index contributed by atoms with van der Waals surface area (Å²) in [5.41, 5.74) is 8.25. The van der Waals surface area contributed by atoms with Crippen molar-refractivity contribution in [2.75, 3.05) is 37.0 Å². The van der Waals surface area contributed by atoms with Crippen LogP contribution in [0.4, 0.5) is 11.6 Å². The molecule has 1 fully saturated rings. The molecule has 8 nitrogen and oxygen atoms in total. The van der Waals surface area contributed by atoms with Crippen LogP contribution >= 0.6 is 0 Å². The van der Waals surface area contributed by atoms with Crippen molar-refractivity contribution in [3.8, 4) is 0 Å². The zero-order valence-electron chi connectivity index (χ0n) is 13.5. The van der Waals surface area contributed by atoms with Crippen LogP contribution in [0.1, 0.15) is 13.3 Å². The van der Waals surface area contributed by atoms with Gasteiger partial charge in [-0.2, -0.15) is 0 Å². The second-order valence-corrected chi connectivity index (χ2v) is 5.45. The van der Waals surface area contributed by atoms with Gasteiger partial charge in [0, 0.05) is 18.8 Å². The molecule has 0 radical (unpaired) electrons. The van der Waals surface area contributed by atoms with Gasteiger partial charge in [0.2, 0.25) is 5.95 Å². The maximum Gasteiger partial charge on any atom is 0.307 e. The molecule has 2 N–H and O–H groups in total. The summed E-state index contributed by atoms with van der Waals surface area (Å²) < 4.78 is 11.9. The van der Waals surface area contributed by atoms with Gasteiger partial charge >= 0.3 is 5.97 Å². The number of amides is 1. The van der Waals surface area contributed by atoms with E-state index in [0.717, 1.165) is 11.2 Å². The Kier molecular flexibility index (Phi) is 4.66. The molecule has 1 aliphatic rings. The Hall–Kier alpha value is -2.61. The highest BCUT2D eigenvalue weighted by Crippen LogP contribution is 2.25. The molecule has 0 aliphatic carbocycles. The number of ether oxygens (including phenoxy) is 2. The van der Waals surface area contributed by atoms with Gasteiger partial charge < -0.3 is 24.7 Å². The first-order chi connectivity index (χ1) is 11.6. The quantitative estimate of drug-likeness (QED) is 0.818. The highest BCUT2D eigenvalue weighted by Gasteiger charge is 2.21. The Morgan fingerprint density at radius 2 is 2.29 bits per heavy atom. The van der Waals surface area contributed by atoms with E-state index < -0.39 is 0 Å². The number of fused-ring (bicyclic) bond motifs is 1. The Morgan fingerprint density at radius 3 is 3.04 bits per heavy atom. The van der Waals surface area contributed by atoms with Gasteiger partial charge in [0.1, 0.15) is 6.61 Å². The average Bonchev–Trinajstić information content (AvgIpc) is 2.88. The maximum atomic E-state index is 11.9. The van der Waals surface area contributed by atoms with E-state index in [4.69, 9.17) is 15.2 Å². The molecule has 3 rings (SSSR count). The minimum absolute atomic E-state index is 0.0738. The molecular formula is C16H20N4O4. The number of esters is 1. The zero-order chi connectivity index (χ0) is 17.1. The second-order valence-electron chi connectivity index (χ2n) is 5.45. The first-order valence-corrected chi connectivity index (χ1v) is 7.89. The van der Waals surface area contributed by atoms with Crippen molar-refractivity contribution in [1.82, 2.24) is 9.55 Å². The van der Waals surface area contributed by atoms with Gasteiger partial charge in [0.05, 0.1) is 30.7 Å². The van der Waals surface area contributed by atoms with Crippen LogP contribution in [-0.4, -0.2) is 47.8 Å². The minimum Gasteiger partial charge on any atom is -0.466 e. The number of nitrogens with two attached hydrogens (primary N) is 1. The van der Waals surface area contributed by atoms with Crippen molar-refractivity contribution in [3.05, 3.63) is 18.2 Å². The maximum absolute atomic E-state index is 11.9. The number of anilines is 2. The van der Waals surface area contributed by atoms with Gasteiger partial charge in [0.25, 0.3) is 5.91 Å². The fraction of sp³-hybridized carbons (Fsp3) is 0.438. The van der Waals surface area contributed by atoms with Crippen LogP contribution in [0.5, 0.6) is 0 Å². The molecule has 2 heterocycles. The van der Waals surface area contributed by atoms with Crippen molar-refractivity contribution in [1.29, 1.82) is 0 Å². The first-order valence-electron chi connectivity index (χ1n) is 7.89. The number of imidazole rings is 1. The van der Waals surface area contributed by atoms with Crippen LogP contribution in [0.2, 0.25) is 0 Å². The van der Waals surface area contributed by atoms with Gasteiger partial charge in [0.15, 0.2) is 0 Å². The molecule has 2 aromatic rings. The smallest absolute Gasteiger partial charge is 0.307 e. The van der Waals surface area contributed by atoms with Gasteiger partial charge in [-0.25, -0.2) is 4.98 Å². The number of carbonyl (C=O) groups is 2. The number of rotatable bonds is 5. The third-order valence-electron chi connectivity index (χ3n) is 3.90. The topological polar surface area (TPSA) is 99.7 Å². The van der Waals surface area contributed by atoms with Crippen LogP contribution < -0.4 is 10.6 Å². The number of aromatic nitrogens is 2. The molecule has 8 heteroatoms. The molecule has 1 saturated heterocycles. The molecule has 24 heavy (non-hydrogen) atoms. The van der Waals surface area contributed by atoms with Crippen LogP contribution in [0.3, 0.4) is 0 Å². The van der Waals surface area contributed by atoms with Crippen molar-refractivity contribution < 1.29 is 19.1 Å². The third kappa shape index (κ3) is 3.18. The van der Waals surface area contributed by atoms with E-state index in [-0.39, 0.29) is 24.9 Å². The Bertz CT molecular complexity index is 771. The predicted octanol–water partition coefficient (Wildman–Crippen LogP) is 0.935. The summed E-state index contributed by atoms with van der Waals surface area (Å²) in [5, 5.41) is 0. The number of hydrogen-bond acceptors (Lipinski definition) is 6. The summed E-state index contributed by atoms with van der Waals surface area (Å²) >= 11 is 0. The van der Waals surface area contributed by atoms with E-state index in [9.17, 15) is 9.59 Å². The lowest BCUT2D eigenvalue weighted by Crippen LogP contribution is -2.41. The van der Waals surface area contributed by atoms with Crippen molar-refractivity contribution >= 4 is 34.5 Å². The van der Waals surface area contributed by atoms with Gasteiger partial charge in [-0.1, -0.05) is 0 Å². The molecule has 1 aromatic heterocycles. The lowest BCUT2D eigenvalue weighted by molar-refractivity contribution is -0.143. The van der Waals surface area contributed by atoms with E-state index in [0.29, 0.717) is 37.8 Å². The summed E-state index contributed by atoms with van der Waals surface area (Å²) in [5.74, 6) is -0.00986. The molecule has 128 valence electrons. The standard InChI is InChI=1S/C16H20N4O4/c1-2-24-15(22)5-6-20-13-4-3-11(9-12(13)18-16(20)17)19-7-8-23-10-14(19)21/h3-4,9H,2,5-8,10H2,1H3,(H2,17,18). The average molecular weight is 332 g/mol. The van der Waals surface area contributed by atoms with Crippen LogP contribution in [0.15, 0.2) is 18.2 Å². The summed E-state index contributed by atoms with van der Waals surface area (Å²) in [6, 6.07) is 5.55. The third-order valence-corrected chi connectivity index (χ3v) is 3.90. The molecular weight excluding hydrogens is 312 g/mol. The summed E-state index contributed by atoms with van der Waals surface area (Å²) in [7, 11) is 0. The van der Waals surface area contributed by atoms with E-state index in [2.05, 4.69) is 4.98 Å². The number of benzene rings is 1. The molecule has 1 aliphatic heterocycles. The summed E-state index contributed by atoms with van der Waals surface area (Å²) in [4.78, 5) is 29.5. The van der Waals surface area contributed by atoms with E-state index in [1.807, 2.05) is 18.2 Å². The van der Waals surface area contributed by atoms with E-state index in [1.165, 1.54) is 0 Å². The van der Waals surface area contributed by atoms with Crippen LogP contribution in [0, 0.1) is 0 Å². The SMILES string of the molecule is CCOC(=O)CCn1c(N)nc2cc(N3CCOCC3=O)ccc21. The summed E-state index contributed by atoms with van der Waals surface area (Å²) in [6.45, 7) is 3.65. The Morgan fingerprint density at radius 1 is 1.46 bits per heavy atom. The van der Waals surface area contributed by atoms with E-state index in [1.54, 1.807) is 16.4 Å². The zero-order valence-corrected chi connectivity index (χ0v) is 13.5. The molecule has 0 atom stereocenters. The number of morpholine rings is 1. The normalized spacial score (nSPS) is 15.0. The molecule has 1 aromatic carbocycles. The predicted molar refractivity (Wildman–Crippen MR) is 88.6 cm³/mol. The minimum atomic E-state index is -0.269. The van der Waals surface area contributed by atoms with Crippen LogP contribution in [0.25, 0.3) is 11.0 Å². The van der Waals surface area contributed by atoms with Crippen molar-refractivity contribution in [3.63, 3.8) is 0 Å². The van der Waals surface area contributed by atoms with Crippen molar-refractivity contribution in [2.24, 2.45) is 0 Å². The number of nitrogens with zero attached hydrogens (tertiary/aromatic N) is 3. The Balaban J connectivity index is 1.84. The molecule has 0 spiro atoms. The monoisotopic (exact) mass is 332 g/mol. The highest BCUT2D eigenvalue weighted by atomic mass is 16.5. The Labute approximate surface area is 139 Å². The van der Waals surface area contributed by atoms with Gasteiger partial charge in [-0.15, -0.1) is 0 Å². The summed E-state index contributed by atoms with van der Waals surface area (Å²) in [6.07, 6.45) is 0.229. The molecule has 0 saturated carbocycles.